The van der Waals surface area contributed by atoms with Gasteiger partial charge in [0.05, 0.1) is 12.2 Å². The van der Waals surface area contributed by atoms with E-state index >= 15 is 0 Å². The van der Waals surface area contributed by atoms with Crippen molar-refractivity contribution < 1.29 is 14.9 Å². The minimum absolute atomic E-state index is 0.0199. The average molecular weight is 363 g/mol. The standard InChI is InChI=1S/C23H38O3/c1-16(15-24)10-9-12-22(8)14-17-18(26-22)11-13-23(25,21(5,6)7)19(17)20(2,3)4/h10-11,13,19,24-25H,9,12,14-15H2,1-8H3. The maximum atomic E-state index is 11.7. The highest BCUT2D eigenvalue weighted by Gasteiger charge is 2.55. The maximum Gasteiger partial charge on any atom is 0.119 e. The number of allylic oxidation sites excluding steroid dienone is 2. The zero-order chi connectivity index (χ0) is 20.0. The molecular formula is C23H38O3. The molecule has 0 bridgehead atoms. The molecule has 0 saturated carbocycles. The average Bonchev–Trinajstić information content (AvgIpc) is 2.80. The third kappa shape index (κ3) is 3.94. The van der Waals surface area contributed by atoms with Crippen LogP contribution in [0.1, 0.15) is 74.7 Å². The molecule has 1 aliphatic carbocycles. The first kappa shape index (κ1) is 21.2. The molecule has 26 heavy (non-hydrogen) atoms. The van der Waals surface area contributed by atoms with E-state index in [-0.39, 0.29) is 29.0 Å². The Bertz CT molecular complexity index is 627. The molecule has 0 spiro atoms. The van der Waals surface area contributed by atoms with Gasteiger partial charge >= 0.3 is 0 Å². The lowest BCUT2D eigenvalue weighted by Crippen LogP contribution is -2.54. The molecule has 3 atom stereocenters. The highest BCUT2D eigenvalue weighted by molar-refractivity contribution is 5.40. The van der Waals surface area contributed by atoms with Crippen LogP contribution >= 0.6 is 0 Å². The van der Waals surface area contributed by atoms with Gasteiger partial charge in [0.15, 0.2) is 0 Å². The van der Waals surface area contributed by atoms with Gasteiger partial charge in [-0.15, -0.1) is 0 Å². The topological polar surface area (TPSA) is 49.7 Å². The predicted molar refractivity (Wildman–Crippen MR) is 108 cm³/mol. The lowest BCUT2D eigenvalue weighted by molar-refractivity contribution is -0.0858. The Morgan fingerprint density at radius 3 is 2.38 bits per heavy atom. The van der Waals surface area contributed by atoms with E-state index in [4.69, 9.17) is 4.74 Å². The molecule has 1 heterocycles. The lowest BCUT2D eigenvalue weighted by Gasteiger charge is -2.51. The third-order valence-corrected chi connectivity index (χ3v) is 6.00. The molecule has 0 aromatic heterocycles. The van der Waals surface area contributed by atoms with Gasteiger partial charge < -0.3 is 14.9 Å². The summed E-state index contributed by atoms with van der Waals surface area (Å²) in [7, 11) is 0. The van der Waals surface area contributed by atoms with Crippen molar-refractivity contribution in [1.29, 1.82) is 0 Å². The molecule has 3 heteroatoms. The highest BCUT2D eigenvalue weighted by Crippen LogP contribution is 2.56. The first-order valence-electron chi connectivity index (χ1n) is 9.84. The first-order chi connectivity index (χ1) is 11.7. The summed E-state index contributed by atoms with van der Waals surface area (Å²) >= 11 is 0. The van der Waals surface area contributed by atoms with Crippen molar-refractivity contribution in [2.24, 2.45) is 16.7 Å². The Kier molecular flexibility index (Phi) is 5.58. The van der Waals surface area contributed by atoms with Gasteiger partial charge in [-0.25, -0.2) is 0 Å². The Balaban J connectivity index is 2.30. The fraction of sp³-hybridized carbons (Fsp3) is 0.739. The van der Waals surface area contributed by atoms with Crippen LogP contribution in [0, 0.1) is 16.7 Å². The van der Waals surface area contributed by atoms with Gasteiger partial charge in [0.25, 0.3) is 0 Å². The fourth-order valence-corrected chi connectivity index (χ4v) is 4.50. The van der Waals surface area contributed by atoms with E-state index in [1.165, 1.54) is 5.57 Å². The number of aliphatic hydroxyl groups is 2. The Labute approximate surface area is 159 Å². The summed E-state index contributed by atoms with van der Waals surface area (Å²) in [6.45, 7) is 17.2. The molecule has 0 radical (unpaired) electrons. The summed E-state index contributed by atoms with van der Waals surface area (Å²) in [4.78, 5) is 0. The van der Waals surface area contributed by atoms with Gasteiger partial charge in [-0.2, -0.15) is 0 Å². The third-order valence-electron chi connectivity index (χ3n) is 6.00. The van der Waals surface area contributed by atoms with E-state index in [1.807, 2.05) is 19.1 Å². The van der Waals surface area contributed by atoms with Crippen LogP contribution in [0.2, 0.25) is 0 Å². The smallest absolute Gasteiger partial charge is 0.119 e. The summed E-state index contributed by atoms with van der Waals surface area (Å²) < 4.78 is 6.39. The van der Waals surface area contributed by atoms with Gasteiger partial charge in [-0.3, -0.25) is 0 Å². The van der Waals surface area contributed by atoms with Crippen molar-refractivity contribution in [3.8, 4) is 0 Å². The molecule has 0 amide bonds. The quantitative estimate of drug-likeness (QED) is 0.680. The van der Waals surface area contributed by atoms with Crippen LogP contribution in [-0.4, -0.2) is 28.0 Å². The minimum Gasteiger partial charge on any atom is -0.487 e. The number of rotatable bonds is 4. The van der Waals surface area contributed by atoms with Gasteiger partial charge in [-0.05, 0) is 55.2 Å². The molecular weight excluding hydrogens is 324 g/mol. The van der Waals surface area contributed by atoms with E-state index in [0.29, 0.717) is 0 Å². The second-order valence-electron chi connectivity index (χ2n) is 10.6. The van der Waals surface area contributed by atoms with Crippen LogP contribution in [0.5, 0.6) is 0 Å². The Hall–Kier alpha value is -1.06. The molecule has 148 valence electrons. The minimum atomic E-state index is -0.897. The van der Waals surface area contributed by atoms with Crippen LogP contribution in [0.15, 0.2) is 35.1 Å². The maximum absolute atomic E-state index is 11.7. The second-order valence-corrected chi connectivity index (χ2v) is 10.6. The molecule has 0 aromatic carbocycles. The summed E-state index contributed by atoms with van der Waals surface area (Å²) in [5.41, 5.74) is 0.761. The van der Waals surface area contributed by atoms with Crippen molar-refractivity contribution in [2.45, 2.75) is 85.9 Å². The van der Waals surface area contributed by atoms with Crippen LogP contribution in [0.4, 0.5) is 0 Å². The molecule has 2 N–H and O–H groups in total. The molecule has 2 rings (SSSR count). The largest absolute Gasteiger partial charge is 0.487 e. The highest BCUT2D eigenvalue weighted by atomic mass is 16.5. The predicted octanol–water partition coefficient (Wildman–Crippen LogP) is 5.15. The number of hydrogen-bond acceptors (Lipinski definition) is 3. The van der Waals surface area contributed by atoms with Crippen molar-refractivity contribution >= 4 is 0 Å². The van der Waals surface area contributed by atoms with Gasteiger partial charge in [-0.1, -0.05) is 53.2 Å². The molecule has 0 fully saturated rings. The molecule has 0 saturated heterocycles. The Morgan fingerprint density at radius 1 is 1.27 bits per heavy atom. The summed E-state index contributed by atoms with van der Waals surface area (Å²) in [5.74, 6) is 0.968. The van der Waals surface area contributed by atoms with E-state index in [1.54, 1.807) is 0 Å². The fourth-order valence-electron chi connectivity index (χ4n) is 4.50. The van der Waals surface area contributed by atoms with Gasteiger partial charge in [0.2, 0.25) is 0 Å². The number of aliphatic hydroxyl groups excluding tert-OH is 1. The Morgan fingerprint density at radius 2 is 1.88 bits per heavy atom. The van der Waals surface area contributed by atoms with Crippen molar-refractivity contribution in [1.82, 2.24) is 0 Å². The van der Waals surface area contributed by atoms with E-state index in [2.05, 4.69) is 54.5 Å². The zero-order valence-electron chi connectivity index (χ0n) is 17.9. The number of hydrogen-bond donors (Lipinski definition) is 2. The lowest BCUT2D eigenvalue weighted by atomic mass is 9.56. The number of ether oxygens (including phenoxy) is 1. The SMILES string of the molecule is CC(=CCCC1(C)CC2=C(C=CC(O)(C(C)(C)C)C2C(C)(C)C)O1)CO. The zero-order valence-corrected chi connectivity index (χ0v) is 17.9. The summed E-state index contributed by atoms with van der Waals surface area (Å²) in [6, 6.07) is 0. The van der Waals surface area contributed by atoms with Crippen molar-refractivity contribution in [2.75, 3.05) is 6.61 Å². The summed E-state index contributed by atoms with van der Waals surface area (Å²) in [6.07, 6.45) is 8.67. The van der Waals surface area contributed by atoms with Gasteiger partial charge in [0, 0.05) is 12.3 Å². The van der Waals surface area contributed by atoms with Gasteiger partial charge in [0.1, 0.15) is 11.4 Å². The molecule has 3 nitrogen and oxygen atoms in total. The normalized spacial score (nSPS) is 32.7. The van der Waals surface area contributed by atoms with E-state index in [0.717, 1.165) is 30.6 Å². The van der Waals surface area contributed by atoms with Crippen LogP contribution < -0.4 is 0 Å². The summed E-state index contributed by atoms with van der Waals surface area (Å²) in [5, 5.41) is 20.9. The van der Waals surface area contributed by atoms with Crippen LogP contribution in [0.25, 0.3) is 0 Å². The van der Waals surface area contributed by atoms with Crippen LogP contribution in [0.3, 0.4) is 0 Å². The van der Waals surface area contributed by atoms with E-state index in [9.17, 15) is 10.2 Å². The van der Waals surface area contributed by atoms with Crippen molar-refractivity contribution in [3.05, 3.63) is 35.1 Å². The molecule has 1 aliphatic heterocycles. The molecule has 2 aliphatic rings. The van der Waals surface area contributed by atoms with Crippen molar-refractivity contribution in [3.63, 3.8) is 0 Å². The molecule has 3 unspecified atom stereocenters. The molecule has 0 aromatic rings. The first-order valence-corrected chi connectivity index (χ1v) is 9.84. The second kappa shape index (κ2) is 6.83. The monoisotopic (exact) mass is 362 g/mol. The van der Waals surface area contributed by atoms with E-state index < -0.39 is 5.60 Å². The van der Waals surface area contributed by atoms with Crippen LogP contribution in [-0.2, 0) is 4.74 Å².